The molecule has 14 nitrogen and oxygen atoms in total. The topological polar surface area (TPSA) is 165 Å². The van der Waals surface area contributed by atoms with E-state index in [4.69, 9.17) is 18.9 Å². The van der Waals surface area contributed by atoms with Gasteiger partial charge in [0, 0.05) is 27.1 Å². The number of aromatic amines is 1. The van der Waals surface area contributed by atoms with Gasteiger partial charge < -0.3 is 34.3 Å². The van der Waals surface area contributed by atoms with E-state index in [0.717, 1.165) is 16.7 Å². The summed E-state index contributed by atoms with van der Waals surface area (Å²) in [6.45, 7) is -0.408. The number of alkyl halides is 3. The van der Waals surface area contributed by atoms with Crippen molar-refractivity contribution in [3.05, 3.63) is 112 Å². The number of H-pyrrole nitrogens is 1. The number of nitrogens with one attached hydrogen (secondary N) is 2. The Hall–Kier alpha value is -5.78. The molecule has 296 valence electrons. The second-order valence-corrected chi connectivity index (χ2v) is 13.3. The third-order valence-corrected chi connectivity index (χ3v) is 9.28. The van der Waals surface area contributed by atoms with Gasteiger partial charge in [-0.05, 0) is 53.8 Å². The molecular formula is C39H42F3N7O7. The molecule has 6 rings (SSSR count). The number of hydrogen-bond donors (Lipinski definition) is 3. The van der Waals surface area contributed by atoms with Gasteiger partial charge in [0.25, 0.3) is 5.56 Å². The number of aliphatic hydroxyl groups excluding tert-OH is 1. The van der Waals surface area contributed by atoms with Crippen LogP contribution in [0.3, 0.4) is 0 Å². The second-order valence-electron chi connectivity index (χ2n) is 13.3. The van der Waals surface area contributed by atoms with Gasteiger partial charge in [-0.2, -0.15) is 23.3 Å². The Balaban J connectivity index is 1.33. The van der Waals surface area contributed by atoms with Gasteiger partial charge in [0.05, 0.1) is 39.0 Å². The molecule has 0 saturated carbocycles. The lowest BCUT2D eigenvalue weighted by molar-refractivity contribution is -0.173. The van der Waals surface area contributed by atoms with Crippen LogP contribution in [0.25, 0.3) is 11.0 Å². The van der Waals surface area contributed by atoms with Crippen LogP contribution < -0.4 is 20.3 Å². The first-order chi connectivity index (χ1) is 26.8. The summed E-state index contributed by atoms with van der Waals surface area (Å²) in [5.41, 5.74) is 0.918. The smallest absolute Gasteiger partial charge is 0.471 e. The number of amides is 1. The van der Waals surface area contributed by atoms with Crippen molar-refractivity contribution in [1.29, 1.82) is 0 Å². The number of hydrogen-bond acceptors (Lipinski definition) is 10. The summed E-state index contributed by atoms with van der Waals surface area (Å²) in [5, 5.41) is 18.0. The summed E-state index contributed by atoms with van der Waals surface area (Å²) in [7, 11) is 6.65. The van der Waals surface area contributed by atoms with Gasteiger partial charge in [-0.1, -0.05) is 54.6 Å². The van der Waals surface area contributed by atoms with E-state index >= 15 is 0 Å². The Morgan fingerprint density at radius 3 is 2.20 bits per heavy atom. The van der Waals surface area contributed by atoms with Crippen LogP contribution in [-0.2, 0) is 26.3 Å². The zero-order valence-corrected chi connectivity index (χ0v) is 31.1. The number of aliphatic imine (C=N–C) groups is 1. The van der Waals surface area contributed by atoms with Gasteiger partial charge in [0.1, 0.15) is 28.6 Å². The minimum atomic E-state index is -5.02. The fourth-order valence-electron chi connectivity index (χ4n) is 6.56. The predicted octanol–water partition coefficient (Wildman–Crippen LogP) is 4.63. The van der Waals surface area contributed by atoms with Gasteiger partial charge in [0.2, 0.25) is 5.95 Å². The highest BCUT2D eigenvalue weighted by atomic mass is 19.4. The van der Waals surface area contributed by atoms with Gasteiger partial charge in [0.15, 0.2) is 11.9 Å². The first-order valence-electron chi connectivity index (χ1n) is 17.7. The summed E-state index contributed by atoms with van der Waals surface area (Å²) < 4.78 is 63.9. The van der Waals surface area contributed by atoms with Crippen LogP contribution in [0.5, 0.6) is 11.5 Å². The van der Waals surface area contributed by atoms with Crippen molar-refractivity contribution in [1.82, 2.24) is 30.0 Å². The lowest BCUT2D eigenvalue weighted by Gasteiger charge is -2.37. The number of fused-ring (bicyclic) bond motifs is 1. The SMILES string of the molecule is COc1ccc(C(OC[C@H]2O[C@@H](n3nc(CCCNC(=O)C(F)(F)F)c4c(=O)[nH]c(N=CN(C)C)nc43)CC2O)(c2ccccc2)c2ccc(OC)cc2)cc1. The monoisotopic (exact) mass is 777 g/mol. The van der Waals surface area contributed by atoms with E-state index in [-0.39, 0.29) is 55.1 Å². The summed E-state index contributed by atoms with van der Waals surface area (Å²) in [6, 6.07) is 24.6. The van der Waals surface area contributed by atoms with Crippen LogP contribution in [-0.4, -0.2) is 102 Å². The van der Waals surface area contributed by atoms with Crippen LogP contribution in [0.4, 0.5) is 19.1 Å². The maximum atomic E-state index is 13.4. The largest absolute Gasteiger partial charge is 0.497 e. The van der Waals surface area contributed by atoms with E-state index in [1.807, 2.05) is 84.2 Å². The zero-order chi connectivity index (χ0) is 40.0. The maximum Gasteiger partial charge on any atom is 0.471 e. The van der Waals surface area contributed by atoms with E-state index in [1.165, 1.54) is 11.0 Å². The highest BCUT2D eigenvalue weighted by molar-refractivity contribution is 5.81. The van der Waals surface area contributed by atoms with Crippen molar-refractivity contribution in [2.75, 3.05) is 41.5 Å². The minimum absolute atomic E-state index is 0.0219. The number of benzene rings is 3. The summed E-state index contributed by atoms with van der Waals surface area (Å²) >= 11 is 0. The average Bonchev–Trinajstić information content (AvgIpc) is 3.76. The highest BCUT2D eigenvalue weighted by Crippen LogP contribution is 2.43. The second kappa shape index (κ2) is 16.9. The van der Waals surface area contributed by atoms with Crippen LogP contribution >= 0.6 is 0 Å². The maximum absolute atomic E-state index is 13.4. The lowest BCUT2D eigenvalue weighted by Crippen LogP contribution is -2.38. The molecule has 1 aliphatic heterocycles. The first kappa shape index (κ1) is 39.9. The van der Waals surface area contributed by atoms with E-state index in [2.05, 4.69) is 20.1 Å². The molecule has 0 aliphatic carbocycles. The van der Waals surface area contributed by atoms with Crippen molar-refractivity contribution in [3.8, 4) is 11.5 Å². The number of halogens is 3. The number of carbonyl (C=O) groups excluding carboxylic acids is 1. The molecule has 3 atom stereocenters. The summed E-state index contributed by atoms with van der Waals surface area (Å²) in [4.78, 5) is 37.8. The fraction of sp³-hybridized carbons (Fsp3) is 0.359. The lowest BCUT2D eigenvalue weighted by atomic mass is 9.80. The Labute approximate surface area is 319 Å². The quantitative estimate of drug-likeness (QED) is 0.0591. The molecular weight excluding hydrogens is 735 g/mol. The molecule has 1 amide bonds. The first-order valence-corrected chi connectivity index (χ1v) is 17.7. The Morgan fingerprint density at radius 2 is 1.62 bits per heavy atom. The Kier molecular flexibility index (Phi) is 12.1. The number of carbonyl (C=O) groups is 1. The Morgan fingerprint density at radius 1 is 1.02 bits per heavy atom. The number of aromatic nitrogens is 4. The number of ether oxygens (including phenoxy) is 4. The van der Waals surface area contributed by atoms with Gasteiger partial charge in [-0.3, -0.25) is 14.6 Å². The van der Waals surface area contributed by atoms with Gasteiger partial charge in [-0.25, -0.2) is 9.67 Å². The van der Waals surface area contributed by atoms with E-state index in [1.54, 1.807) is 33.2 Å². The van der Waals surface area contributed by atoms with Gasteiger partial charge >= 0.3 is 12.1 Å². The average molecular weight is 778 g/mol. The molecule has 1 aliphatic rings. The molecule has 3 aromatic carbocycles. The molecule has 0 radical (unpaired) electrons. The van der Waals surface area contributed by atoms with Crippen molar-refractivity contribution < 1.29 is 42.0 Å². The molecule has 1 unspecified atom stereocenters. The van der Waals surface area contributed by atoms with E-state index in [0.29, 0.717) is 11.5 Å². The van der Waals surface area contributed by atoms with Crippen molar-refractivity contribution >= 4 is 29.2 Å². The van der Waals surface area contributed by atoms with Crippen molar-refractivity contribution in [2.24, 2.45) is 4.99 Å². The fourth-order valence-corrected chi connectivity index (χ4v) is 6.56. The number of methoxy groups -OCH3 is 2. The molecule has 1 fully saturated rings. The normalized spacial score (nSPS) is 17.4. The van der Waals surface area contributed by atoms with Crippen LogP contribution in [0, 0.1) is 0 Å². The molecule has 56 heavy (non-hydrogen) atoms. The van der Waals surface area contributed by atoms with Gasteiger partial charge in [-0.15, -0.1) is 0 Å². The molecule has 0 bridgehead atoms. The molecule has 3 heterocycles. The van der Waals surface area contributed by atoms with Crippen LogP contribution in [0.2, 0.25) is 0 Å². The minimum Gasteiger partial charge on any atom is -0.497 e. The van der Waals surface area contributed by atoms with Crippen molar-refractivity contribution in [3.63, 3.8) is 0 Å². The van der Waals surface area contributed by atoms with Crippen LogP contribution in [0.1, 0.15) is 41.5 Å². The molecule has 1 saturated heterocycles. The number of nitrogens with zero attached hydrogens (tertiary/aromatic N) is 5. The molecule has 17 heteroatoms. The summed E-state index contributed by atoms with van der Waals surface area (Å²) in [6.07, 6.45) is -6.32. The molecule has 0 spiro atoms. The molecule has 2 aromatic heterocycles. The highest BCUT2D eigenvalue weighted by Gasteiger charge is 2.43. The molecule has 3 N–H and O–H groups in total. The standard InChI is InChI=1S/C39H42F3N7O7/c1-48(2)23-44-37-45-34-33(35(51)46-37)29(11-8-20-43-36(52)39(40,41)42)47-49(34)32-21-30(50)31(56-32)22-55-38(24-9-6-5-7-10-24,25-12-16-27(53-3)17-13-25)26-14-18-28(54-4)19-15-26/h5-7,9-10,12-19,23,30-32,50H,8,11,20-22H2,1-4H3,(H,43,52)(H,45,46,51)/t30?,31-,32-/m1/s1. The third-order valence-electron chi connectivity index (χ3n) is 9.28. The van der Waals surface area contributed by atoms with E-state index < -0.39 is 41.7 Å². The number of aliphatic hydroxyl groups is 1. The van der Waals surface area contributed by atoms with E-state index in [9.17, 15) is 27.9 Å². The third kappa shape index (κ3) is 8.54. The van der Waals surface area contributed by atoms with Crippen molar-refractivity contribution in [2.45, 2.75) is 49.5 Å². The number of aryl methyl sites for hydroxylation is 1. The summed E-state index contributed by atoms with van der Waals surface area (Å²) in [5.74, 6) is -0.774. The van der Waals surface area contributed by atoms with Crippen LogP contribution in [0.15, 0.2) is 88.6 Å². The Bertz CT molecular complexity index is 2140. The zero-order valence-electron chi connectivity index (χ0n) is 31.1. The number of rotatable bonds is 15. The molecule has 5 aromatic rings. The predicted molar refractivity (Wildman–Crippen MR) is 200 cm³/mol.